The Morgan fingerprint density at radius 1 is 0.741 bits per heavy atom. The highest BCUT2D eigenvalue weighted by atomic mass is 28.4. The highest BCUT2D eigenvalue weighted by Crippen LogP contribution is 2.42. The van der Waals surface area contributed by atoms with Gasteiger partial charge in [-0.1, -0.05) is 41.5 Å². The average molecular weight is 432 g/mol. The molecule has 0 aliphatic heterocycles. The van der Waals surface area contributed by atoms with Crippen molar-refractivity contribution in [2.24, 2.45) is 0 Å². The number of nitrogens with zero attached hydrogens (tertiary/aromatic N) is 1. The van der Waals surface area contributed by atoms with Gasteiger partial charge in [0.15, 0.2) is 25.0 Å². The maximum absolute atomic E-state index is 9.60. The van der Waals surface area contributed by atoms with Crippen molar-refractivity contribution in [2.45, 2.75) is 116 Å². The van der Waals surface area contributed by atoms with E-state index >= 15 is 0 Å². The maximum Gasteiger partial charge on any atom is 0.200 e. The lowest BCUT2D eigenvalue weighted by Gasteiger charge is -2.43. The smallest absolute Gasteiger partial charge is 0.200 e. The summed E-state index contributed by atoms with van der Waals surface area (Å²) in [4.78, 5) is 0. The van der Waals surface area contributed by atoms with Gasteiger partial charge < -0.3 is 13.3 Å². The first kappa shape index (κ1) is 27.0. The summed E-state index contributed by atoms with van der Waals surface area (Å²) in [5.74, 6) is 0. The summed E-state index contributed by atoms with van der Waals surface area (Å²) in [6.45, 7) is 27.3. The lowest BCUT2D eigenvalue weighted by molar-refractivity contribution is 0.0763. The molecule has 27 heavy (non-hydrogen) atoms. The summed E-state index contributed by atoms with van der Waals surface area (Å²) in [6, 6.07) is 2.34. The Morgan fingerprint density at radius 2 is 1.15 bits per heavy atom. The van der Waals surface area contributed by atoms with Crippen molar-refractivity contribution >= 4 is 25.0 Å². The molecule has 0 radical (unpaired) electrons. The molecule has 0 rings (SSSR count). The molecule has 0 heterocycles. The van der Waals surface area contributed by atoms with Gasteiger partial charge in [0.1, 0.15) is 6.10 Å². The van der Waals surface area contributed by atoms with Gasteiger partial charge in [-0.25, -0.2) is 0 Å². The van der Waals surface area contributed by atoms with Crippen LogP contribution in [0.5, 0.6) is 0 Å². The zero-order valence-corrected chi connectivity index (χ0v) is 23.0. The molecule has 0 spiro atoms. The Morgan fingerprint density at radius 3 is 1.44 bits per heavy atom. The third-order valence-electron chi connectivity index (χ3n) is 4.86. The van der Waals surface area contributed by atoms with Crippen LogP contribution in [0, 0.1) is 11.3 Å². The van der Waals surface area contributed by atoms with Crippen molar-refractivity contribution in [1.82, 2.24) is 0 Å². The van der Waals surface area contributed by atoms with Gasteiger partial charge in [0.2, 0.25) is 0 Å². The Hall–Kier alpha value is 0.0206. The van der Waals surface area contributed by atoms with Crippen LogP contribution in [0.2, 0.25) is 55.9 Å². The zero-order chi connectivity index (χ0) is 21.6. The zero-order valence-electron chi connectivity index (χ0n) is 20.0. The first-order chi connectivity index (χ1) is 12.0. The molecule has 0 fully saturated rings. The van der Waals surface area contributed by atoms with Crippen LogP contribution in [0.25, 0.3) is 0 Å². The predicted molar refractivity (Wildman–Crippen MR) is 124 cm³/mol. The Balaban J connectivity index is 5.45. The van der Waals surface area contributed by atoms with Crippen molar-refractivity contribution in [3.63, 3.8) is 0 Å². The van der Waals surface area contributed by atoms with Crippen LogP contribution in [0.1, 0.15) is 48.0 Å². The molecule has 2 atom stereocenters. The molecule has 4 nitrogen and oxygen atoms in total. The normalized spacial score (nSPS) is 16.1. The highest BCUT2D eigenvalue weighted by Gasteiger charge is 2.45. The average Bonchev–Trinajstić information content (AvgIpc) is 2.42. The molecule has 0 saturated carbocycles. The van der Waals surface area contributed by atoms with Gasteiger partial charge >= 0.3 is 0 Å². The van der Waals surface area contributed by atoms with Crippen LogP contribution in [-0.4, -0.2) is 43.8 Å². The lowest BCUT2D eigenvalue weighted by atomic mass is 10.2. The van der Waals surface area contributed by atoms with E-state index < -0.39 is 31.1 Å². The molecule has 0 aliphatic carbocycles. The summed E-state index contributed by atoms with van der Waals surface area (Å²) in [7, 11) is -5.49. The van der Waals surface area contributed by atoms with E-state index in [9.17, 15) is 5.26 Å². The third kappa shape index (κ3) is 9.37. The van der Waals surface area contributed by atoms with E-state index in [-0.39, 0.29) is 6.10 Å². The molecule has 0 aromatic rings. The van der Waals surface area contributed by atoms with Gasteiger partial charge in [-0.05, 0) is 55.9 Å². The van der Waals surface area contributed by atoms with Crippen molar-refractivity contribution in [2.75, 3.05) is 6.61 Å². The molecule has 0 aromatic carbocycles. The Bertz CT molecular complexity index is 455. The molecule has 0 amide bonds. The summed E-state index contributed by atoms with van der Waals surface area (Å²) >= 11 is 0. The predicted octanol–water partition coefficient (Wildman–Crippen LogP) is 6.53. The molecular formula is C20H45NO3Si3. The van der Waals surface area contributed by atoms with Crippen molar-refractivity contribution < 1.29 is 13.3 Å². The minimum Gasteiger partial charge on any atom is -0.413 e. The number of rotatable bonds is 12. The van der Waals surface area contributed by atoms with E-state index in [0.717, 1.165) is 0 Å². The molecule has 0 aliphatic rings. The summed E-state index contributed by atoms with van der Waals surface area (Å²) in [6.07, 6.45) is 0.0831. The minimum atomic E-state index is -1.95. The Kier molecular flexibility index (Phi) is 10.7. The Labute approximate surface area is 172 Å². The molecule has 0 saturated heterocycles. The van der Waals surface area contributed by atoms with E-state index in [1.54, 1.807) is 0 Å². The van der Waals surface area contributed by atoms with E-state index in [2.05, 4.69) is 86.9 Å². The first-order valence-electron chi connectivity index (χ1n) is 10.4. The SMILES string of the molecule is CC(C)[Si](OC[C@H](CC(C#N)O[Si](C)(C)C)O[Si](C)(C)C)(C(C)C)C(C)C. The topological polar surface area (TPSA) is 51.5 Å². The van der Waals surface area contributed by atoms with E-state index in [4.69, 9.17) is 13.3 Å². The minimum absolute atomic E-state index is 0.0826. The second kappa shape index (κ2) is 10.7. The summed E-state index contributed by atoms with van der Waals surface area (Å²) < 4.78 is 19.3. The molecule has 0 aromatic heterocycles. The lowest BCUT2D eigenvalue weighted by Crippen LogP contribution is -2.50. The molecule has 0 N–H and O–H groups in total. The monoisotopic (exact) mass is 431 g/mol. The van der Waals surface area contributed by atoms with Crippen LogP contribution in [0.15, 0.2) is 0 Å². The molecule has 160 valence electrons. The fourth-order valence-electron chi connectivity index (χ4n) is 4.18. The van der Waals surface area contributed by atoms with Crippen molar-refractivity contribution in [3.05, 3.63) is 0 Å². The van der Waals surface area contributed by atoms with Crippen molar-refractivity contribution in [3.8, 4) is 6.07 Å². The third-order valence-corrected chi connectivity index (χ3v) is 13.0. The first-order valence-corrected chi connectivity index (χ1v) is 19.4. The quantitative estimate of drug-likeness (QED) is 0.329. The van der Waals surface area contributed by atoms with Crippen LogP contribution in [-0.2, 0) is 13.3 Å². The standard InChI is InChI=1S/C20H45NO3Si3/c1-16(2)27(17(3)4,18(5)6)22-15-20(24-26(10,11)12)13-19(14-21)23-25(7,8)9/h16-20H,13,15H2,1-12H3/t19?,20-/m0/s1. The second-order valence-corrected chi connectivity index (χ2v) is 24.9. The van der Waals surface area contributed by atoms with Crippen LogP contribution >= 0.6 is 0 Å². The fourth-order valence-corrected chi connectivity index (χ4v) is 11.8. The van der Waals surface area contributed by atoms with Gasteiger partial charge in [-0.15, -0.1) is 0 Å². The molecule has 0 bridgehead atoms. The molecular weight excluding hydrogens is 386 g/mol. The van der Waals surface area contributed by atoms with Gasteiger partial charge in [-0.2, -0.15) is 5.26 Å². The number of nitriles is 1. The van der Waals surface area contributed by atoms with Gasteiger partial charge in [0.25, 0.3) is 0 Å². The van der Waals surface area contributed by atoms with Gasteiger partial charge in [-0.3, -0.25) is 0 Å². The van der Waals surface area contributed by atoms with Gasteiger partial charge in [0.05, 0.1) is 18.8 Å². The largest absolute Gasteiger partial charge is 0.413 e. The van der Waals surface area contributed by atoms with E-state index in [1.807, 2.05) is 0 Å². The van der Waals surface area contributed by atoms with Crippen LogP contribution in [0.4, 0.5) is 0 Å². The highest BCUT2D eigenvalue weighted by molar-refractivity contribution is 6.77. The second-order valence-electron chi connectivity index (χ2n) is 10.6. The molecule has 1 unspecified atom stereocenters. The fraction of sp³-hybridized carbons (Fsp3) is 0.950. The van der Waals surface area contributed by atoms with E-state index in [0.29, 0.717) is 29.7 Å². The van der Waals surface area contributed by atoms with Gasteiger partial charge in [0, 0.05) is 6.42 Å². The van der Waals surface area contributed by atoms with Crippen molar-refractivity contribution in [1.29, 1.82) is 5.26 Å². The summed E-state index contributed by atoms with van der Waals surface area (Å²) in [5.41, 5.74) is 1.61. The summed E-state index contributed by atoms with van der Waals surface area (Å²) in [5, 5.41) is 9.60. The molecule has 7 heteroatoms. The maximum atomic E-state index is 9.60. The van der Waals surface area contributed by atoms with Crippen LogP contribution < -0.4 is 0 Å². The van der Waals surface area contributed by atoms with Crippen LogP contribution in [0.3, 0.4) is 0 Å². The number of hydrogen-bond donors (Lipinski definition) is 0. The van der Waals surface area contributed by atoms with E-state index in [1.165, 1.54) is 0 Å². The number of hydrogen-bond acceptors (Lipinski definition) is 4.